The molecule has 1 atom stereocenters. The number of ketones is 1. The molecule has 4 nitrogen and oxygen atoms in total. The zero-order valence-corrected chi connectivity index (χ0v) is 17.7. The van der Waals surface area contributed by atoms with E-state index in [1.165, 1.54) is 16.8 Å². The molecule has 0 radical (unpaired) electrons. The average molecular weight is 403 g/mol. The van der Waals surface area contributed by atoms with Crippen molar-refractivity contribution in [2.45, 2.75) is 38.6 Å². The molecule has 3 aliphatic rings. The van der Waals surface area contributed by atoms with Gasteiger partial charge in [0.05, 0.1) is 0 Å². The predicted octanol–water partition coefficient (Wildman–Crippen LogP) is 5.24. The van der Waals surface area contributed by atoms with Crippen molar-refractivity contribution in [3.63, 3.8) is 0 Å². The second kappa shape index (κ2) is 6.56. The summed E-state index contributed by atoms with van der Waals surface area (Å²) in [5, 5.41) is 19.1. The van der Waals surface area contributed by atoms with Crippen molar-refractivity contribution in [2.75, 3.05) is 4.90 Å². The molecule has 1 unspecified atom stereocenters. The maximum absolute atomic E-state index is 13.2. The second-order valence-corrected chi connectivity index (χ2v) is 8.84. The van der Waals surface area contributed by atoms with Gasteiger partial charge in [-0.05, 0) is 42.2 Å². The summed E-state index contributed by atoms with van der Waals surface area (Å²) in [7, 11) is 0. The van der Waals surface area contributed by atoms with E-state index in [1.807, 2.05) is 24.3 Å². The van der Waals surface area contributed by atoms with Gasteiger partial charge in [0.2, 0.25) is 0 Å². The van der Waals surface area contributed by atoms with Crippen LogP contribution in [0.25, 0.3) is 5.57 Å². The molecule has 150 valence electrons. The van der Waals surface area contributed by atoms with E-state index in [2.05, 4.69) is 43.9 Å². The van der Waals surface area contributed by atoms with Gasteiger partial charge >= 0.3 is 0 Å². The van der Waals surface area contributed by atoms with Crippen molar-refractivity contribution in [1.82, 2.24) is 0 Å². The molecule has 2 heterocycles. The van der Waals surface area contributed by atoms with Crippen molar-refractivity contribution in [2.24, 2.45) is 0 Å². The molecule has 2 aromatic carbocycles. The number of nitriles is 2. The van der Waals surface area contributed by atoms with Gasteiger partial charge in [-0.15, -0.1) is 0 Å². The molecule has 0 saturated carbocycles. The van der Waals surface area contributed by atoms with Crippen LogP contribution in [0.15, 0.2) is 71.5 Å². The van der Waals surface area contributed by atoms with Gasteiger partial charge in [0.15, 0.2) is 5.78 Å². The third-order valence-corrected chi connectivity index (χ3v) is 6.73. The van der Waals surface area contributed by atoms with Crippen molar-refractivity contribution >= 4 is 17.0 Å². The van der Waals surface area contributed by atoms with Crippen LogP contribution in [0.5, 0.6) is 0 Å². The minimum atomic E-state index is -0.206. The zero-order valence-electron chi connectivity index (χ0n) is 17.7. The monoisotopic (exact) mass is 403 g/mol. The maximum atomic E-state index is 13.2. The number of rotatable bonds is 1. The molecule has 0 fully saturated rings. The molecule has 0 saturated heterocycles. The minimum absolute atomic E-state index is 0.0336. The lowest BCUT2D eigenvalue weighted by atomic mass is 9.82. The number of carbonyl (C=O) groups excluding carboxylic acids is 1. The first kappa shape index (κ1) is 19.1. The second-order valence-electron chi connectivity index (χ2n) is 8.84. The van der Waals surface area contributed by atoms with Crippen LogP contribution in [0.4, 0.5) is 5.69 Å². The van der Waals surface area contributed by atoms with E-state index >= 15 is 0 Å². The first-order valence-electron chi connectivity index (χ1n) is 10.4. The summed E-state index contributed by atoms with van der Waals surface area (Å²) < 4.78 is 0. The lowest BCUT2D eigenvalue weighted by molar-refractivity contribution is 0.104. The van der Waals surface area contributed by atoms with Crippen LogP contribution in [-0.4, -0.2) is 11.8 Å². The standard InChI is InChI=1S/C27H21N3O/c1-16-13-17-7-6-10-22-25(17)30(16)23(27(22,2)3)12-11-21-24(18(14-28)15-29)19-8-4-5-9-20(19)26(21)31/h4-12,16H,13H2,1-3H3/b21-11-,23-12+. The van der Waals surface area contributed by atoms with Crippen molar-refractivity contribution in [3.05, 3.63) is 93.7 Å². The molecule has 0 bridgehead atoms. The lowest BCUT2D eigenvalue weighted by Gasteiger charge is -2.29. The van der Waals surface area contributed by atoms with Crippen LogP contribution >= 0.6 is 0 Å². The number of fused-ring (bicyclic) bond motifs is 1. The summed E-state index contributed by atoms with van der Waals surface area (Å²) >= 11 is 0. The van der Waals surface area contributed by atoms with E-state index in [1.54, 1.807) is 24.3 Å². The average Bonchev–Trinajstić information content (AvgIpc) is 3.32. The molecule has 2 aromatic rings. The predicted molar refractivity (Wildman–Crippen MR) is 120 cm³/mol. The van der Waals surface area contributed by atoms with Gasteiger partial charge < -0.3 is 4.90 Å². The van der Waals surface area contributed by atoms with Crippen LogP contribution in [0.3, 0.4) is 0 Å². The highest BCUT2D eigenvalue weighted by atomic mass is 16.1. The Hall–Kier alpha value is -3.89. The van der Waals surface area contributed by atoms with Gasteiger partial charge in [-0.2, -0.15) is 10.5 Å². The van der Waals surface area contributed by atoms with Gasteiger partial charge in [-0.1, -0.05) is 56.3 Å². The fraction of sp³-hybridized carbons (Fsp3) is 0.222. The third-order valence-electron chi connectivity index (χ3n) is 6.73. The molecule has 4 heteroatoms. The summed E-state index contributed by atoms with van der Waals surface area (Å²) in [6.45, 7) is 6.63. The SMILES string of the molecule is CC1Cc2cccc3c2N1/C(=C/C=C1\C(=O)c2ccccc2C1=C(C#N)C#N)C3(C)C. The Morgan fingerprint density at radius 2 is 1.77 bits per heavy atom. The van der Waals surface area contributed by atoms with Crippen LogP contribution in [0.1, 0.15) is 47.8 Å². The molecular formula is C27H21N3O. The number of hydrogen-bond acceptors (Lipinski definition) is 4. The summed E-state index contributed by atoms with van der Waals surface area (Å²) in [5.74, 6) is -0.145. The Morgan fingerprint density at radius 3 is 2.48 bits per heavy atom. The number of nitrogens with zero attached hydrogens (tertiary/aromatic N) is 3. The van der Waals surface area contributed by atoms with Crippen molar-refractivity contribution < 1.29 is 4.79 Å². The fourth-order valence-corrected chi connectivity index (χ4v) is 5.29. The van der Waals surface area contributed by atoms with Gasteiger partial charge in [0.25, 0.3) is 0 Å². The fourth-order valence-electron chi connectivity index (χ4n) is 5.29. The summed E-state index contributed by atoms with van der Waals surface area (Å²) in [6, 6.07) is 18.0. The normalized spacial score (nSPS) is 22.5. The van der Waals surface area contributed by atoms with Crippen molar-refractivity contribution in [3.8, 4) is 12.1 Å². The van der Waals surface area contributed by atoms with E-state index < -0.39 is 0 Å². The van der Waals surface area contributed by atoms with E-state index in [4.69, 9.17) is 0 Å². The Labute approximate surface area is 182 Å². The molecular weight excluding hydrogens is 382 g/mol. The van der Waals surface area contributed by atoms with Gasteiger partial charge in [-0.3, -0.25) is 4.79 Å². The van der Waals surface area contributed by atoms with Crippen LogP contribution in [0.2, 0.25) is 0 Å². The largest absolute Gasteiger partial charge is 0.341 e. The van der Waals surface area contributed by atoms with E-state index in [0.29, 0.717) is 28.3 Å². The molecule has 0 amide bonds. The topological polar surface area (TPSA) is 67.9 Å². The van der Waals surface area contributed by atoms with Crippen LogP contribution in [0, 0.1) is 22.7 Å². The number of carbonyl (C=O) groups is 1. The Kier molecular flexibility index (Phi) is 4.04. The highest BCUT2D eigenvalue weighted by Gasteiger charge is 2.46. The number of para-hydroxylation sites is 1. The van der Waals surface area contributed by atoms with Crippen LogP contribution in [-0.2, 0) is 11.8 Å². The van der Waals surface area contributed by atoms with E-state index in [-0.39, 0.29) is 16.8 Å². The number of hydrogen-bond donors (Lipinski definition) is 0. The molecule has 0 aromatic heterocycles. The Balaban J connectivity index is 1.71. The number of allylic oxidation sites excluding steroid dienone is 6. The minimum Gasteiger partial charge on any atom is -0.341 e. The summed E-state index contributed by atoms with van der Waals surface area (Å²) in [5.41, 5.74) is 6.87. The van der Waals surface area contributed by atoms with Gasteiger partial charge in [0, 0.05) is 39.6 Å². The number of anilines is 1. The van der Waals surface area contributed by atoms with Crippen LogP contribution < -0.4 is 4.90 Å². The van der Waals surface area contributed by atoms with Gasteiger partial charge in [0.1, 0.15) is 17.7 Å². The summed E-state index contributed by atoms with van der Waals surface area (Å²) in [4.78, 5) is 15.6. The highest BCUT2D eigenvalue weighted by Crippen LogP contribution is 2.53. The molecule has 0 spiro atoms. The molecule has 31 heavy (non-hydrogen) atoms. The first-order valence-corrected chi connectivity index (χ1v) is 10.4. The smallest absolute Gasteiger partial charge is 0.194 e. The number of Topliss-reactive ketones (excluding diaryl/α,β-unsaturated/α-hetero) is 1. The highest BCUT2D eigenvalue weighted by molar-refractivity contribution is 6.27. The van der Waals surface area contributed by atoms with Gasteiger partial charge in [-0.25, -0.2) is 0 Å². The quantitative estimate of drug-likeness (QED) is 0.483. The molecule has 5 rings (SSSR count). The Morgan fingerprint density at radius 1 is 1.06 bits per heavy atom. The maximum Gasteiger partial charge on any atom is 0.194 e. The molecule has 2 aliphatic heterocycles. The third kappa shape index (κ3) is 2.49. The van der Waals surface area contributed by atoms with E-state index in [0.717, 1.165) is 12.1 Å². The molecule has 0 N–H and O–H groups in total. The van der Waals surface area contributed by atoms with Crippen molar-refractivity contribution in [1.29, 1.82) is 10.5 Å². The Bertz CT molecular complexity index is 1330. The molecule has 1 aliphatic carbocycles. The van der Waals surface area contributed by atoms with E-state index in [9.17, 15) is 15.3 Å². The number of benzene rings is 2. The lowest BCUT2D eigenvalue weighted by Crippen LogP contribution is -2.31. The zero-order chi connectivity index (χ0) is 21.9. The first-order chi connectivity index (χ1) is 14.9. The summed E-state index contributed by atoms with van der Waals surface area (Å²) in [6.07, 6.45) is 4.81.